The zero-order valence-corrected chi connectivity index (χ0v) is 19.2. The maximum atomic E-state index is 12.4. The molecule has 2 aromatic carbocycles. The van der Waals surface area contributed by atoms with Gasteiger partial charge in [-0.2, -0.15) is 9.78 Å². The molecule has 4 rings (SSSR count). The number of anilines is 1. The summed E-state index contributed by atoms with van der Waals surface area (Å²) in [6, 6.07) is 12.9. The maximum absolute atomic E-state index is 12.4. The Kier molecular flexibility index (Phi) is 6.33. The fraction of sp³-hybridized carbons (Fsp3) is 0.417. The van der Waals surface area contributed by atoms with E-state index in [0.717, 1.165) is 42.6 Å². The molecule has 1 aliphatic heterocycles. The van der Waals surface area contributed by atoms with Crippen LogP contribution in [0.2, 0.25) is 0 Å². The van der Waals surface area contributed by atoms with Gasteiger partial charge in [0.1, 0.15) is 5.60 Å². The van der Waals surface area contributed by atoms with E-state index in [2.05, 4.69) is 15.3 Å². The van der Waals surface area contributed by atoms with Crippen LogP contribution in [0.5, 0.6) is 0 Å². The van der Waals surface area contributed by atoms with Gasteiger partial charge in [-0.05, 0) is 63.9 Å². The first kappa shape index (κ1) is 22.7. The van der Waals surface area contributed by atoms with Gasteiger partial charge in [0.15, 0.2) is 0 Å². The molecule has 0 saturated carbocycles. The molecule has 0 aliphatic carbocycles. The van der Waals surface area contributed by atoms with E-state index in [4.69, 9.17) is 4.74 Å². The quantitative estimate of drug-likeness (QED) is 0.439. The Labute approximate surface area is 192 Å². The molecular weight excluding hydrogens is 422 g/mol. The molecule has 1 N–H and O–H groups in total. The number of benzene rings is 2. The Bertz CT molecular complexity index is 1170. The molecule has 0 spiro atoms. The zero-order chi connectivity index (χ0) is 23.6. The topological polar surface area (TPSA) is 103 Å². The van der Waals surface area contributed by atoms with Crippen LogP contribution >= 0.6 is 0 Å². The minimum atomic E-state index is -0.589. The van der Waals surface area contributed by atoms with E-state index in [1.807, 2.05) is 45.0 Å². The van der Waals surface area contributed by atoms with E-state index < -0.39 is 11.7 Å². The van der Waals surface area contributed by atoms with Gasteiger partial charge in [0, 0.05) is 42.3 Å². The fourth-order valence-electron chi connectivity index (χ4n) is 4.15. The lowest BCUT2D eigenvalue weighted by atomic mass is 10.0. The fourth-order valence-corrected chi connectivity index (χ4v) is 4.15. The molecule has 1 unspecified atom stereocenters. The van der Waals surface area contributed by atoms with Crippen LogP contribution in [0.1, 0.15) is 39.2 Å². The van der Waals surface area contributed by atoms with Crippen LogP contribution in [0.3, 0.4) is 0 Å². The molecule has 1 saturated heterocycles. The average molecular weight is 452 g/mol. The van der Waals surface area contributed by atoms with Crippen molar-refractivity contribution in [3.8, 4) is 0 Å². The van der Waals surface area contributed by atoms with Crippen molar-refractivity contribution in [2.75, 3.05) is 18.4 Å². The number of rotatable bonds is 5. The summed E-state index contributed by atoms with van der Waals surface area (Å²) in [5.41, 5.74) is 2.15. The number of hydrogen-bond donors (Lipinski definition) is 1. The van der Waals surface area contributed by atoms with Gasteiger partial charge in [-0.1, -0.05) is 12.1 Å². The number of nitrogens with one attached hydrogen (secondary N) is 1. The molecule has 1 fully saturated rings. The lowest BCUT2D eigenvalue weighted by Gasteiger charge is -2.33. The molecule has 1 aliphatic rings. The lowest BCUT2D eigenvalue weighted by molar-refractivity contribution is -0.384. The number of hydrogen-bond acceptors (Lipinski definition) is 7. The van der Waals surface area contributed by atoms with Crippen molar-refractivity contribution in [3.63, 3.8) is 0 Å². The summed E-state index contributed by atoms with van der Waals surface area (Å²) in [6.07, 6.45) is 3.26. The second-order valence-corrected chi connectivity index (χ2v) is 9.46. The minimum absolute atomic E-state index is 0.124. The summed E-state index contributed by atoms with van der Waals surface area (Å²) >= 11 is 0. The average Bonchev–Trinajstić information content (AvgIpc) is 3.16. The third-order valence-electron chi connectivity index (χ3n) is 5.54. The molecule has 1 aromatic heterocycles. The highest BCUT2D eigenvalue weighted by Crippen LogP contribution is 2.24. The molecule has 174 valence electrons. The number of likely N-dealkylation sites (tertiary alicyclic amines) is 1. The summed E-state index contributed by atoms with van der Waals surface area (Å²) in [5.74, 6) is 0. The van der Waals surface area contributed by atoms with Gasteiger partial charge in [0.25, 0.3) is 5.69 Å². The van der Waals surface area contributed by atoms with Gasteiger partial charge in [-0.15, -0.1) is 0 Å². The Morgan fingerprint density at radius 1 is 1.27 bits per heavy atom. The van der Waals surface area contributed by atoms with Crippen molar-refractivity contribution in [2.45, 2.75) is 51.8 Å². The largest absolute Gasteiger partial charge is 0.442 e. The molecule has 0 amide bonds. The normalized spacial score (nSPS) is 17.1. The summed E-state index contributed by atoms with van der Waals surface area (Å²) in [7, 11) is 0. The van der Waals surface area contributed by atoms with Gasteiger partial charge in [0.05, 0.1) is 16.6 Å². The van der Waals surface area contributed by atoms with Crippen LogP contribution in [0.25, 0.3) is 10.9 Å². The van der Waals surface area contributed by atoms with Crippen LogP contribution < -0.4 is 5.32 Å². The predicted octanol–water partition coefficient (Wildman–Crippen LogP) is 4.80. The van der Waals surface area contributed by atoms with Gasteiger partial charge in [-0.3, -0.25) is 15.0 Å². The molecular formula is C24H29N5O4. The van der Waals surface area contributed by atoms with Crippen LogP contribution in [0.15, 0.2) is 48.7 Å². The molecule has 1 atom stereocenters. The highest BCUT2D eigenvalue weighted by Gasteiger charge is 2.22. The van der Waals surface area contributed by atoms with Crippen molar-refractivity contribution < 1.29 is 14.5 Å². The molecule has 9 heteroatoms. The summed E-state index contributed by atoms with van der Waals surface area (Å²) in [4.78, 5) is 25.4. The van der Waals surface area contributed by atoms with E-state index in [9.17, 15) is 14.9 Å². The number of nitrogens with zero attached hydrogens (tertiary/aromatic N) is 4. The summed E-state index contributed by atoms with van der Waals surface area (Å²) in [6.45, 7) is 7.96. The van der Waals surface area contributed by atoms with Gasteiger partial charge in [0.2, 0.25) is 0 Å². The Morgan fingerprint density at radius 2 is 2.09 bits per heavy atom. The first-order valence-corrected chi connectivity index (χ1v) is 11.1. The number of carbonyl (C=O) groups excluding carboxylic acids is 1. The highest BCUT2D eigenvalue weighted by molar-refractivity contribution is 5.89. The highest BCUT2D eigenvalue weighted by atomic mass is 16.6. The first-order valence-electron chi connectivity index (χ1n) is 11.1. The standard InChI is InChI=1S/C24H29N5O4/c1-24(2,3)33-23(30)28-22-10-9-19(13-18(22)14-25-28)26-20-7-5-11-27(16-20)15-17-6-4-8-21(12-17)29(31)32/h4,6,8-10,12-14,20,26H,5,7,11,15-16H2,1-3H3. The number of non-ortho nitro benzene ring substituents is 1. The number of nitro benzene ring substituents is 1. The van der Waals surface area contributed by atoms with E-state index in [1.165, 1.54) is 10.7 Å². The molecule has 2 heterocycles. The second kappa shape index (κ2) is 9.19. The van der Waals surface area contributed by atoms with Crippen LogP contribution in [-0.2, 0) is 11.3 Å². The van der Waals surface area contributed by atoms with Crippen LogP contribution in [-0.4, -0.2) is 50.4 Å². The molecule has 33 heavy (non-hydrogen) atoms. The van der Waals surface area contributed by atoms with E-state index >= 15 is 0 Å². The zero-order valence-electron chi connectivity index (χ0n) is 19.2. The third kappa shape index (κ3) is 5.67. The Morgan fingerprint density at radius 3 is 2.85 bits per heavy atom. The van der Waals surface area contributed by atoms with Crippen molar-refractivity contribution in [1.82, 2.24) is 14.7 Å². The molecule has 0 radical (unpaired) electrons. The number of fused-ring (bicyclic) bond motifs is 1. The molecule has 9 nitrogen and oxygen atoms in total. The second-order valence-electron chi connectivity index (χ2n) is 9.46. The first-order chi connectivity index (χ1) is 15.7. The number of carbonyl (C=O) groups is 1. The number of aromatic nitrogens is 2. The molecule has 3 aromatic rings. The Hall–Kier alpha value is -3.46. The number of piperidine rings is 1. The van der Waals surface area contributed by atoms with Crippen molar-refractivity contribution in [3.05, 3.63) is 64.3 Å². The van der Waals surface area contributed by atoms with Crippen LogP contribution in [0, 0.1) is 10.1 Å². The van der Waals surface area contributed by atoms with Crippen molar-refractivity contribution in [1.29, 1.82) is 0 Å². The predicted molar refractivity (Wildman–Crippen MR) is 126 cm³/mol. The van der Waals surface area contributed by atoms with Gasteiger partial charge in [-0.25, -0.2) is 4.79 Å². The smallest absolute Gasteiger partial charge is 0.435 e. The maximum Gasteiger partial charge on any atom is 0.435 e. The van der Waals surface area contributed by atoms with Crippen molar-refractivity contribution >= 4 is 28.4 Å². The van der Waals surface area contributed by atoms with Crippen molar-refractivity contribution in [2.24, 2.45) is 0 Å². The van der Waals surface area contributed by atoms with E-state index in [1.54, 1.807) is 18.3 Å². The third-order valence-corrected chi connectivity index (χ3v) is 5.54. The van der Waals surface area contributed by atoms with Crippen LogP contribution in [0.4, 0.5) is 16.2 Å². The lowest BCUT2D eigenvalue weighted by Crippen LogP contribution is -2.41. The SMILES string of the molecule is CC(C)(C)OC(=O)n1ncc2cc(NC3CCCN(Cc4cccc([N+](=O)[O-])c4)C3)ccc21. The summed E-state index contributed by atoms with van der Waals surface area (Å²) < 4.78 is 6.71. The monoisotopic (exact) mass is 451 g/mol. The van der Waals surface area contributed by atoms with Gasteiger partial charge < -0.3 is 10.1 Å². The van der Waals surface area contributed by atoms with E-state index in [-0.39, 0.29) is 16.7 Å². The molecule has 0 bridgehead atoms. The number of ether oxygens (including phenoxy) is 1. The minimum Gasteiger partial charge on any atom is -0.442 e. The number of nitro groups is 1. The van der Waals surface area contributed by atoms with E-state index in [0.29, 0.717) is 12.1 Å². The Balaban J connectivity index is 1.41. The summed E-state index contributed by atoms with van der Waals surface area (Å²) in [5, 5.41) is 19.7. The van der Waals surface area contributed by atoms with Gasteiger partial charge >= 0.3 is 6.09 Å².